The normalized spacial score (nSPS) is 10.9. The number of hydrogen-bond acceptors (Lipinski definition) is 4. The molecule has 1 heterocycles. The van der Waals surface area contributed by atoms with Crippen molar-refractivity contribution in [1.29, 1.82) is 0 Å². The number of benzene rings is 1. The van der Waals surface area contributed by atoms with Crippen molar-refractivity contribution >= 4 is 5.88 Å². The lowest BCUT2D eigenvalue weighted by Crippen LogP contribution is -1.95. The average Bonchev–Trinajstić information content (AvgIpc) is 2.72. The molecule has 4 heteroatoms. The van der Waals surface area contributed by atoms with Crippen LogP contribution in [0, 0.1) is 6.92 Å². The Bertz CT molecular complexity index is 559. The van der Waals surface area contributed by atoms with Gasteiger partial charge in [0.15, 0.2) is 0 Å². The van der Waals surface area contributed by atoms with Crippen molar-refractivity contribution in [2.75, 3.05) is 12.8 Å². The molecule has 0 aliphatic rings. The average molecular weight is 246 g/mol. The third-order valence-corrected chi connectivity index (χ3v) is 3.01. The Morgan fingerprint density at radius 2 is 2.06 bits per heavy atom. The number of anilines is 1. The maximum absolute atomic E-state index is 5.82. The first kappa shape index (κ1) is 12.5. The Kier molecular flexibility index (Phi) is 3.28. The van der Waals surface area contributed by atoms with Crippen molar-refractivity contribution in [3.05, 3.63) is 29.3 Å². The third kappa shape index (κ3) is 2.06. The Balaban J connectivity index is 2.55. The van der Waals surface area contributed by atoms with E-state index in [-0.39, 0.29) is 5.92 Å². The Hall–Kier alpha value is -1.97. The minimum Gasteiger partial charge on any atom is -0.496 e. The third-order valence-electron chi connectivity index (χ3n) is 3.01. The number of nitrogen functional groups attached to an aromatic ring is 1. The second kappa shape index (κ2) is 4.72. The molecular formula is C14H18N2O2. The summed E-state index contributed by atoms with van der Waals surface area (Å²) < 4.78 is 10.4. The van der Waals surface area contributed by atoms with E-state index in [0.29, 0.717) is 5.88 Å². The minimum absolute atomic E-state index is 0.263. The summed E-state index contributed by atoms with van der Waals surface area (Å²) in [6, 6.07) is 5.96. The summed E-state index contributed by atoms with van der Waals surface area (Å²) >= 11 is 0. The van der Waals surface area contributed by atoms with Gasteiger partial charge in [-0.1, -0.05) is 31.1 Å². The molecule has 2 N–H and O–H groups in total. The van der Waals surface area contributed by atoms with Gasteiger partial charge in [0.25, 0.3) is 0 Å². The molecule has 96 valence electrons. The highest BCUT2D eigenvalue weighted by molar-refractivity contribution is 5.69. The highest BCUT2D eigenvalue weighted by Gasteiger charge is 2.18. The van der Waals surface area contributed by atoms with Crippen molar-refractivity contribution in [1.82, 2.24) is 5.16 Å². The molecule has 0 unspecified atom stereocenters. The maximum Gasteiger partial charge on any atom is 0.226 e. The summed E-state index contributed by atoms with van der Waals surface area (Å²) in [6.45, 7) is 6.14. The summed E-state index contributed by atoms with van der Waals surface area (Å²) in [5, 5.41) is 4.06. The first-order valence-corrected chi connectivity index (χ1v) is 5.94. The number of aromatic nitrogens is 1. The molecule has 1 aromatic carbocycles. The van der Waals surface area contributed by atoms with Gasteiger partial charge in [-0.2, -0.15) is 0 Å². The quantitative estimate of drug-likeness (QED) is 0.902. The van der Waals surface area contributed by atoms with Gasteiger partial charge in [-0.15, -0.1) is 0 Å². The molecule has 1 aromatic heterocycles. The summed E-state index contributed by atoms with van der Waals surface area (Å²) in [5.41, 5.74) is 9.60. The number of rotatable bonds is 3. The largest absolute Gasteiger partial charge is 0.496 e. The van der Waals surface area contributed by atoms with E-state index < -0.39 is 0 Å². The van der Waals surface area contributed by atoms with Gasteiger partial charge in [-0.05, 0) is 24.5 Å². The fourth-order valence-corrected chi connectivity index (χ4v) is 2.04. The van der Waals surface area contributed by atoms with Crippen LogP contribution in [0.1, 0.15) is 30.9 Å². The zero-order valence-corrected chi connectivity index (χ0v) is 11.2. The van der Waals surface area contributed by atoms with E-state index >= 15 is 0 Å². The zero-order valence-electron chi connectivity index (χ0n) is 11.2. The van der Waals surface area contributed by atoms with Gasteiger partial charge < -0.3 is 15.0 Å². The molecule has 2 aromatic rings. The van der Waals surface area contributed by atoms with Crippen LogP contribution in [-0.2, 0) is 0 Å². The van der Waals surface area contributed by atoms with Crippen LogP contribution in [0.15, 0.2) is 22.7 Å². The number of ether oxygens (including phenoxy) is 1. The molecule has 0 aliphatic heterocycles. The molecule has 0 spiro atoms. The van der Waals surface area contributed by atoms with Crippen molar-refractivity contribution in [2.45, 2.75) is 26.7 Å². The van der Waals surface area contributed by atoms with Crippen molar-refractivity contribution in [3.63, 3.8) is 0 Å². The van der Waals surface area contributed by atoms with E-state index in [1.54, 1.807) is 7.11 Å². The lowest BCUT2D eigenvalue weighted by atomic mass is 9.98. The van der Waals surface area contributed by atoms with Crippen LogP contribution in [0.25, 0.3) is 11.3 Å². The molecular weight excluding hydrogens is 228 g/mol. The van der Waals surface area contributed by atoms with E-state index in [1.807, 2.05) is 25.1 Å². The smallest absolute Gasteiger partial charge is 0.226 e. The molecule has 4 nitrogen and oxygen atoms in total. The monoisotopic (exact) mass is 246 g/mol. The summed E-state index contributed by atoms with van der Waals surface area (Å²) in [5.74, 6) is 1.49. The van der Waals surface area contributed by atoms with Crippen molar-refractivity contribution < 1.29 is 9.26 Å². The fourth-order valence-electron chi connectivity index (χ4n) is 2.04. The molecule has 18 heavy (non-hydrogen) atoms. The fraction of sp³-hybridized carbons (Fsp3) is 0.357. The lowest BCUT2D eigenvalue weighted by Gasteiger charge is -2.08. The molecule has 0 aliphatic carbocycles. The number of methoxy groups -OCH3 is 1. The Morgan fingerprint density at radius 1 is 1.33 bits per heavy atom. The van der Waals surface area contributed by atoms with Crippen molar-refractivity contribution in [2.24, 2.45) is 0 Å². The number of nitrogens with zero attached hydrogens (tertiary/aromatic N) is 1. The highest BCUT2D eigenvalue weighted by Crippen LogP contribution is 2.34. The van der Waals surface area contributed by atoms with E-state index in [0.717, 1.165) is 28.1 Å². The van der Waals surface area contributed by atoms with Crippen LogP contribution in [0.5, 0.6) is 5.75 Å². The van der Waals surface area contributed by atoms with Gasteiger partial charge in [0.2, 0.25) is 5.88 Å². The van der Waals surface area contributed by atoms with Gasteiger partial charge in [0.1, 0.15) is 11.4 Å². The second-order valence-electron chi connectivity index (χ2n) is 4.65. The van der Waals surface area contributed by atoms with Gasteiger partial charge >= 0.3 is 0 Å². The minimum atomic E-state index is 0.263. The SMILES string of the molecule is COc1cc(-c2noc(N)c2C(C)C)ccc1C. The topological polar surface area (TPSA) is 61.3 Å². The van der Waals surface area contributed by atoms with Gasteiger partial charge in [0, 0.05) is 11.1 Å². The number of nitrogens with two attached hydrogens (primary N) is 1. The van der Waals surface area contributed by atoms with Crippen LogP contribution >= 0.6 is 0 Å². The van der Waals surface area contributed by atoms with E-state index in [2.05, 4.69) is 19.0 Å². The first-order valence-electron chi connectivity index (χ1n) is 5.94. The predicted molar refractivity (Wildman–Crippen MR) is 71.7 cm³/mol. The van der Waals surface area contributed by atoms with Crippen molar-refractivity contribution in [3.8, 4) is 17.0 Å². The molecule has 0 atom stereocenters. The van der Waals surface area contributed by atoms with Gasteiger partial charge in [-0.25, -0.2) is 0 Å². The summed E-state index contributed by atoms with van der Waals surface area (Å²) in [6.07, 6.45) is 0. The van der Waals surface area contributed by atoms with Gasteiger partial charge in [0.05, 0.1) is 7.11 Å². The molecule has 0 radical (unpaired) electrons. The lowest BCUT2D eigenvalue weighted by molar-refractivity contribution is 0.411. The van der Waals surface area contributed by atoms with Crippen LogP contribution in [0.4, 0.5) is 5.88 Å². The van der Waals surface area contributed by atoms with E-state index in [4.69, 9.17) is 15.0 Å². The Labute approximate surface area is 107 Å². The highest BCUT2D eigenvalue weighted by atomic mass is 16.5. The molecule has 0 bridgehead atoms. The van der Waals surface area contributed by atoms with Crippen LogP contribution in [-0.4, -0.2) is 12.3 Å². The molecule has 2 rings (SSSR count). The molecule has 0 saturated carbocycles. The Morgan fingerprint density at radius 3 is 2.67 bits per heavy atom. The molecule has 0 saturated heterocycles. The number of aryl methyl sites for hydroxylation is 1. The summed E-state index contributed by atoms with van der Waals surface area (Å²) in [7, 11) is 1.66. The number of hydrogen-bond donors (Lipinski definition) is 1. The molecule has 0 amide bonds. The van der Waals surface area contributed by atoms with Gasteiger partial charge in [-0.3, -0.25) is 0 Å². The maximum atomic E-state index is 5.82. The predicted octanol–water partition coefficient (Wildman–Crippen LogP) is 3.36. The van der Waals surface area contributed by atoms with Crippen LogP contribution in [0.2, 0.25) is 0 Å². The molecule has 0 fully saturated rings. The van der Waals surface area contributed by atoms with E-state index in [1.165, 1.54) is 0 Å². The standard InChI is InChI=1S/C14H18N2O2/c1-8(2)12-13(16-18-14(12)15)10-6-5-9(3)11(7-10)17-4/h5-8H,15H2,1-4H3. The van der Waals surface area contributed by atoms with E-state index in [9.17, 15) is 0 Å². The summed E-state index contributed by atoms with van der Waals surface area (Å²) in [4.78, 5) is 0. The first-order chi connectivity index (χ1) is 8.54. The second-order valence-corrected chi connectivity index (χ2v) is 4.65. The van der Waals surface area contributed by atoms with Crippen LogP contribution in [0.3, 0.4) is 0 Å². The van der Waals surface area contributed by atoms with Crippen LogP contribution < -0.4 is 10.5 Å². The zero-order chi connectivity index (χ0) is 13.3.